The zero-order valence-electron chi connectivity index (χ0n) is 9.84. The van der Waals surface area contributed by atoms with Crippen molar-refractivity contribution in [1.29, 1.82) is 0 Å². The average molecular weight is 315 g/mol. The van der Waals surface area contributed by atoms with Crippen LogP contribution in [0.5, 0.6) is 0 Å². The van der Waals surface area contributed by atoms with E-state index in [0.717, 1.165) is 19.1 Å². The topological polar surface area (TPSA) is 37.3 Å². The van der Waals surface area contributed by atoms with Crippen molar-refractivity contribution in [2.24, 2.45) is 11.8 Å². The number of carboxylic acids is 1. The minimum atomic E-state index is -4.39. The van der Waals surface area contributed by atoms with Gasteiger partial charge in [0.2, 0.25) is 0 Å². The summed E-state index contributed by atoms with van der Waals surface area (Å²) in [4.78, 5) is 10.8. The lowest BCUT2D eigenvalue weighted by molar-refractivity contribution is -0.138. The first-order chi connectivity index (χ1) is 8.49. The van der Waals surface area contributed by atoms with E-state index >= 15 is 0 Å². The normalized spacial score (nSPS) is 26.5. The molecule has 1 N–H and O–H groups in total. The second-order valence-electron chi connectivity index (χ2n) is 4.25. The lowest BCUT2D eigenvalue weighted by atomic mass is 10.1. The monoisotopic (exact) mass is 314 g/mol. The highest BCUT2D eigenvalue weighted by atomic mass is 35.5. The predicted octanol–water partition coefficient (Wildman–Crippen LogP) is 4.11. The number of hydrogen-bond acceptors (Lipinski definition) is 1. The summed E-state index contributed by atoms with van der Waals surface area (Å²) < 4.78 is 35.1. The third-order valence-corrected chi connectivity index (χ3v) is 3.76. The summed E-state index contributed by atoms with van der Waals surface area (Å²) in [5.74, 6) is -2.84. The Kier molecular flexibility index (Phi) is 4.42. The smallest absolute Gasteiger partial charge is 0.412 e. The molecule has 0 amide bonds. The molecule has 0 aromatic heterocycles. The Bertz CT molecular complexity index is 464. The second-order valence-corrected chi connectivity index (χ2v) is 5.69. The summed E-state index contributed by atoms with van der Waals surface area (Å²) in [6.45, 7) is 4.50. The zero-order valence-corrected chi connectivity index (χ0v) is 11.4. The molecule has 1 aliphatic carbocycles. The van der Waals surface area contributed by atoms with Crippen LogP contribution in [0.15, 0.2) is 36.0 Å². The molecular formula is C12H11Cl2F3O2. The van der Waals surface area contributed by atoms with Gasteiger partial charge in [0.1, 0.15) is 4.33 Å². The third kappa shape index (κ3) is 3.54. The molecular weight excluding hydrogens is 304 g/mol. The van der Waals surface area contributed by atoms with Gasteiger partial charge in [-0.1, -0.05) is 48.0 Å². The Morgan fingerprint density at radius 1 is 1.37 bits per heavy atom. The van der Waals surface area contributed by atoms with E-state index in [-0.39, 0.29) is 5.57 Å². The fourth-order valence-corrected chi connectivity index (χ4v) is 2.45. The molecule has 0 aliphatic heterocycles. The van der Waals surface area contributed by atoms with E-state index in [2.05, 4.69) is 6.58 Å². The molecule has 1 saturated carbocycles. The van der Waals surface area contributed by atoms with E-state index in [1.807, 2.05) is 0 Å². The summed E-state index contributed by atoms with van der Waals surface area (Å²) in [6.07, 6.45) is -1.10. The molecule has 106 valence electrons. The standard InChI is InChI=1S/C12H11Cl2F3O2/c1-6(4-3-5-7(2)12(15,16)17)8-9(10(18)19)11(8,13)14/h3-5,8-9H,1H2,2H3,(H,18,19)/b4-3-,7-5+. The SMILES string of the molecule is C=C(/C=C\C=C(/C)C(F)(F)F)C1C(C(=O)O)C1(Cl)Cl. The Hall–Kier alpha value is -0.940. The molecule has 0 bridgehead atoms. The van der Waals surface area contributed by atoms with Crippen LogP contribution in [0.1, 0.15) is 6.92 Å². The number of hydrogen-bond donors (Lipinski definition) is 1. The lowest BCUT2D eigenvalue weighted by Gasteiger charge is -2.04. The van der Waals surface area contributed by atoms with Crippen LogP contribution in [0, 0.1) is 11.8 Å². The molecule has 0 saturated heterocycles. The second kappa shape index (κ2) is 5.21. The van der Waals surface area contributed by atoms with E-state index in [0.29, 0.717) is 0 Å². The molecule has 2 nitrogen and oxygen atoms in total. The molecule has 1 fully saturated rings. The molecule has 0 aromatic rings. The molecule has 0 radical (unpaired) electrons. The van der Waals surface area contributed by atoms with Crippen molar-refractivity contribution in [3.63, 3.8) is 0 Å². The number of halogens is 5. The summed E-state index contributed by atoms with van der Waals surface area (Å²) in [5.41, 5.74) is -0.492. The maximum atomic E-state index is 12.2. The van der Waals surface area contributed by atoms with Gasteiger partial charge in [-0.25, -0.2) is 0 Å². The van der Waals surface area contributed by atoms with Crippen LogP contribution >= 0.6 is 23.2 Å². The van der Waals surface area contributed by atoms with Gasteiger partial charge in [0, 0.05) is 11.5 Å². The first-order valence-corrected chi connectivity index (χ1v) is 5.96. The lowest BCUT2D eigenvalue weighted by Crippen LogP contribution is -2.08. The Morgan fingerprint density at radius 2 is 1.89 bits per heavy atom. The van der Waals surface area contributed by atoms with E-state index in [4.69, 9.17) is 28.3 Å². The number of aliphatic carboxylic acids is 1. The highest BCUT2D eigenvalue weighted by molar-refractivity contribution is 6.53. The minimum Gasteiger partial charge on any atom is -0.481 e. The minimum absolute atomic E-state index is 0.281. The first-order valence-electron chi connectivity index (χ1n) is 5.21. The highest BCUT2D eigenvalue weighted by Gasteiger charge is 2.68. The van der Waals surface area contributed by atoms with Gasteiger partial charge >= 0.3 is 12.1 Å². The van der Waals surface area contributed by atoms with Crippen LogP contribution in [0.4, 0.5) is 13.2 Å². The summed E-state index contributed by atoms with van der Waals surface area (Å²) in [5, 5.41) is 8.83. The third-order valence-electron chi connectivity index (χ3n) is 2.82. The van der Waals surface area contributed by atoms with E-state index in [9.17, 15) is 18.0 Å². The molecule has 19 heavy (non-hydrogen) atoms. The van der Waals surface area contributed by atoms with Crippen LogP contribution in [-0.4, -0.2) is 21.6 Å². The van der Waals surface area contributed by atoms with Gasteiger partial charge in [-0.05, 0) is 12.5 Å². The van der Waals surface area contributed by atoms with Crippen LogP contribution in [0.2, 0.25) is 0 Å². The molecule has 1 aliphatic rings. The molecule has 2 unspecified atom stereocenters. The largest absolute Gasteiger partial charge is 0.481 e. The first kappa shape index (κ1) is 16.1. The van der Waals surface area contributed by atoms with Crippen molar-refractivity contribution >= 4 is 29.2 Å². The van der Waals surface area contributed by atoms with Gasteiger partial charge < -0.3 is 5.11 Å². The highest BCUT2D eigenvalue weighted by Crippen LogP contribution is 2.62. The Balaban J connectivity index is 2.71. The maximum Gasteiger partial charge on any atom is 0.412 e. The zero-order chi connectivity index (χ0) is 15.0. The molecule has 0 heterocycles. The van der Waals surface area contributed by atoms with Crippen LogP contribution < -0.4 is 0 Å². The molecule has 2 atom stereocenters. The van der Waals surface area contributed by atoms with E-state index in [1.54, 1.807) is 0 Å². The Morgan fingerprint density at radius 3 is 2.26 bits per heavy atom. The van der Waals surface area contributed by atoms with Crippen molar-refractivity contribution in [2.45, 2.75) is 17.4 Å². The molecule has 7 heteroatoms. The van der Waals surface area contributed by atoms with E-state index in [1.165, 1.54) is 6.08 Å². The average Bonchev–Trinajstić information content (AvgIpc) is 2.80. The van der Waals surface area contributed by atoms with Crippen molar-refractivity contribution in [1.82, 2.24) is 0 Å². The van der Waals surface area contributed by atoms with Gasteiger partial charge in [0.05, 0.1) is 5.92 Å². The summed E-state index contributed by atoms with van der Waals surface area (Å²) >= 11 is 11.5. The number of carboxylic acid groups (broad SMARTS) is 1. The van der Waals surface area contributed by atoms with Crippen LogP contribution in [-0.2, 0) is 4.79 Å². The van der Waals surface area contributed by atoms with E-state index < -0.39 is 33.9 Å². The summed E-state index contributed by atoms with van der Waals surface area (Å²) in [7, 11) is 0. The number of carbonyl (C=O) groups is 1. The van der Waals surface area contributed by atoms with Crippen LogP contribution in [0.25, 0.3) is 0 Å². The fraction of sp³-hybridized carbons (Fsp3) is 0.417. The van der Waals surface area contributed by atoms with Gasteiger partial charge in [0.15, 0.2) is 0 Å². The molecule has 0 spiro atoms. The summed E-state index contributed by atoms with van der Waals surface area (Å²) in [6, 6.07) is 0. The number of alkyl halides is 5. The Labute approximate surface area is 118 Å². The number of rotatable bonds is 4. The van der Waals surface area contributed by atoms with Gasteiger partial charge in [-0.15, -0.1) is 0 Å². The van der Waals surface area contributed by atoms with Gasteiger partial charge in [-0.3, -0.25) is 4.79 Å². The van der Waals surface area contributed by atoms with Gasteiger partial charge in [0.25, 0.3) is 0 Å². The fourth-order valence-electron chi connectivity index (χ4n) is 1.61. The quantitative estimate of drug-likeness (QED) is 0.626. The van der Waals surface area contributed by atoms with Crippen molar-refractivity contribution in [3.8, 4) is 0 Å². The molecule has 0 aromatic carbocycles. The molecule has 1 rings (SSSR count). The number of allylic oxidation sites excluding steroid dienone is 5. The van der Waals surface area contributed by atoms with Crippen LogP contribution in [0.3, 0.4) is 0 Å². The predicted molar refractivity (Wildman–Crippen MR) is 67.1 cm³/mol. The van der Waals surface area contributed by atoms with Crippen molar-refractivity contribution < 1.29 is 23.1 Å². The van der Waals surface area contributed by atoms with Crippen molar-refractivity contribution in [2.75, 3.05) is 0 Å². The van der Waals surface area contributed by atoms with Gasteiger partial charge in [-0.2, -0.15) is 13.2 Å². The maximum absolute atomic E-state index is 12.2. The van der Waals surface area contributed by atoms with Crippen molar-refractivity contribution in [3.05, 3.63) is 36.0 Å².